The Morgan fingerprint density at radius 2 is 2.10 bits per heavy atom. The topological polar surface area (TPSA) is 63.6 Å². The van der Waals surface area contributed by atoms with Gasteiger partial charge in [-0.15, -0.1) is 0 Å². The molecule has 0 aromatic carbocycles. The first-order valence-electron chi connectivity index (χ1n) is 10.5. The number of aliphatic hydroxyl groups excluding tert-OH is 1. The maximum atomic E-state index is 11.3. The molecule has 2 aliphatic rings. The van der Waals surface area contributed by atoms with Gasteiger partial charge in [-0.3, -0.25) is 4.79 Å². The molecule has 2 rings (SSSR count). The first-order valence-corrected chi connectivity index (χ1v) is 10.5. The summed E-state index contributed by atoms with van der Waals surface area (Å²) in [4.78, 5) is 22.3. The van der Waals surface area contributed by atoms with Crippen molar-refractivity contribution in [3.05, 3.63) is 58.2 Å². The third-order valence-electron chi connectivity index (χ3n) is 5.93. The van der Waals surface area contributed by atoms with Gasteiger partial charge < -0.3 is 9.84 Å². The fourth-order valence-corrected chi connectivity index (χ4v) is 4.15. The van der Waals surface area contributed by atoms with E-state index in [-0.39, 0.29) is 0 Å². The molecule has 1 aliphatic carbocycles. The molecular formula is C25H34O4. The molecule has 4 heteroatoms. The highest BCUT2D eigenvalue weighted by atomic mass is 16.6. The molecule has 4 nitrogen and oxygen atoms in total. The summed E-state index contributed by atoms with van der Waals surface area (Å²) in [5.41, 5.74) is 5.95. The second kappa shape index (κ2) is 10.5. The molecule has 0 saturated heterocycles. The first kappa shape index (κ1) is 23.1. The van der Waals surface area contributed by atoms with Crippen molar-refractivity contribution in [3.8, 4) is 0 Å². The minimum Gasteiger partial charge on any atom is -0.428 e. The van der Waals surface area contributed by atoms with E-state index in [0.29, 0.717) is 23.0 Å². The number of aldehydes is 1. The summed E-state index contributed by atoms with van der Waals surface area (Å²) >= 11 is 0. The van der Waals surface area contributed by atoms with Gasteiger partial charge >= 0.3 is 5.97 Å². The molecule has 1 atom stereocenters. The number of aliphatic hydroxyl groups is 1. The van der Waals surface area contributed by atoms with E-state index in [0.717, 1.165) is 25.5 Å². The van der Waals surface area contributed by atoms with Crippen molar-refractivity contribution >= 4 is 12.3 Å². The fourth-order valence-electron chi connectivity index (χ4n) is 4.15. The van der Waals surface area contributed by atoms with Crippen molar-refractivity contribution < 1.29 is 19.4 Å². The van der Waals surface area contributed by atoms with Crippen molar-refractivity contribution in [1.82, 2.24) is 0 Å². The highest BCUT2D eigenvalue weighted by molar-refractivity contribution is 5.86. The standard InChI is InChI=1S/C25H34O4/c1-18(13-14-22-19(2)9-7-15-25(22,3)4)8-5-10-20(17-26)11-6-12-21-16-23(27)29-24(21)28/h6,8,11-12,16-17,24,28H,5,7,9-10,13-15H2,1-4H3/b12-6+,18-8+,20-11+. The third kappa shape index (κ3) is 6.97. The Labute approximate surface area is 174 Å². The molecule has 1 unspecified atom stereocenters. The van der Waals surface area contributed by atoms with Crippen LogP contribution in [0.5, 0.6) is 0 Å². The van der Waals surface area contributed by atoms with Crippen molar-refractivity contribution in [2.24, 2.45) is 5.41 Å². The maximum Gasteiger partial charge on any atom is 0.333 e. The summed E-state index contributed by atoms with van der Waals surface area (Å²) in [6.07, 6.45) is 15.5. The zero-order chi connectivity index (χ0) is 21.4. The Hall–Kier alpha value is -2.20. The van der Waals surface area contributed by atoms with Crippen LogP contribution in [0.25, 0.3) is 0 Å². The molecule has 0 amide bonds. The van der Waals surface area contributed by atoms with Crippen LogP contribution in [0, 0.1) is 5.41 Å². The van der Waals surface area contributed by atoms with Crippen molar-refractivity contribution in [3.63, 3.8) is 0 Å². The van der Waals surface area contributed by atoms with E-state index in [1.807, 2.05) is 0 Å². The lowest BCUT2D eigenvalue weighted by molar-refractivity contribution is -0.150. The van der Waals surface area contributed by atoms with E-state index >= 15 is 0 Å². The highest BCUT2D eigenvalue weighted by Crippen LogP contribution is 2.42. The summed E-state index contributed by atoms with van der Waals surface area (Å²) in [7, 11) is 0. The van der Waals surface area contributed by atoms with Gasteiger partial charge in [0.15, 0.2) is 0 Å². The lowest BCUT2D eigenvalue weighted by Gasteiger charge is -2.35. The summed E-state index contributed by atoms with van der Waals surface area (Å²) < 4.78 is 4.61. The van der Waals surface area contributed by atoms with Crippen LogP contribution in [0.3, 0.4) is 0 Å². The average Bonchev–Trinajstić information content (AvgIpc) is 2.96. The summed E-state index contributed by atoms with van der Waals surface area (Å²) in [5.74, 6) is -0.556. The Morgan fingerprint density at radius 1 is 1.34 bits per heavy atom. The van der Waals surface area contributed by atoms with E-state index in [4.69, 9.17) is 0 Å². The van der Waals surface area contributed by atoms with Gasteiger partial charge in [0, 0.05) is 11.6 Å². The Bertz CT molecular complexity index is 775. The minimum absolute atomic E-state index is 0.320. The molecule has 1 heterocycles. The number of rotatable bonds is 9. The number of hydrogen-bond acceptors (Lipinski definition) is 4. The zero-order valence-corrected chi connectivity index (χ0v) is 18.2. The zero-order valence-electron chi connectivity index (χ0n) is 18.2. The second-order valence-electron chi connectivity index (χ2n) is 8.74. The van der Waals surface area contributed by atoms with Crippen molar-refractivity contribution in [1.29, 1.82) is 0 Å². The van der Waals surface area contributed by atoms with Crippen molar-refractivity contribution in [2.75, 3.05) is 0 Å². The fraction of sp³-hybridized carbons (Fsp3) is 0.520. The van der Waals surface area contributed by atoms with Crippen LogP contribution in [0.1, 0.15) is 72.6 Å². The van der Waals surface area contributed by atoms with Gasteiger partial charge in [0.05, 0.1) is 0 Å². The quantitative estimate of drug-likeness (QED) is 0.183. The Kier molecular flexibility index (Phi) is 8.39. The normalized spacial score (nSPS) is 22.9. The van der Waals surface area contributed by atoms with Gasteiger partial charge in [0.1, 0.15) is 6.29 Å². The van der Waals surface area contributed by atoms with Crippen LogP contribution >= 0.6 is 0 Å². The number of hydrogen-bond donors (Lipinski definition) is 1. The van der Waals surface area contributed by atoms with Crippen LogP contribution < -0.4 is 0 Å². The van der Waals surface area contributed by atoms with Gasteiger partial charge in [-0.05, 0) is 69.8 Å². The molecule has 0 saturated carbocycles. The maximum absolute atomic E-state index is 11.3. The average molecular weight is 399 g/mol. The third-order valence-corrected chi connectivity index (χ3v) is 5.93. The molecule has 0 radical (unpaired) electrons. The summed E-state index contributed by atoms with van der Waals surface area (Å²) in [6, 6.07) is 0. The largest absolute Gasteiger partial charge is 0.428 e. The number of allylic oxidation sites excluding steroid dienone is 7. The molecule has 0 fully saturated rings. The molecule has 1 N–H and O–H groups in total. The van der Waals surface area contributed by atoms with Crippen LogP contribution in [0.2, 0.25) is 0 Å². The van der Waals surface area contributed by atoms with Crippen LogP contribution in [-0.4, -0.2) is 23.7 Å². The molecule has 0 spiro atoms. The van der Waals surface area contributed by atoms with Crippen LogP contribution in [0.4, 0.5) is 0 Å². The second-order valence-corrected chi connectivity index (χ2v) is 8.74. The SMILES string of the molecule is CC1=C(CC/C(C)=C/CC/C(C=O)=C\C=C\C2=CC(=O)OC2O)C(C)(C)CCC1. The number of cyclic esters (lactones) is 1. The van der Waals surface area contributed by atoms with Gasteiger partial charge in [-0.25, -0.2) is 4.79 Å². The minimum atomic E-state index is -1.22. The molecule has 0 aromatic heterocycles. The smallest absolute Gasteiger partial charge is 0.333 e. The monoisotopic (exact) mass is 398 g/mol. The molecule has 1 aliphatic heterocycles. The molecule has 158 valence electrons. The Morgan fingerprint density at radius 3 is 2.72 bits per heavy atom. The summed E-state index contributed by atoms with van der Waals surface area (Å²) in [5, 5.41) is 9.51. The van der Waals surface area contributed by atoms with E-state index in [1.54, 1.807) is 29.4 Å². The number of carbonyl (C=O) groups excluding carboxylic acids is 2. The lowest BCUT2D eigenvalue weighted by Crippen LogP contribution is -2.20. The molecular weight excluding hydrogens is 364 g/mol. The van der Waals surface area contributed by atoms with Gasteiger partial charge in [-0.1, -0.05) is 54.9 Å². The van der Waals surface area contributed by atoms with Gasteiger partial charge in [0.25, 0.3) is 0 Å². The number of esters is 1. The lowest BCUT2D eigenvalue weighted by atomic mass is 9.71. The molecule has 29 heavy (non-hydrogen) atoms. The Balaban J connectivity index is 1.84. The van der Waals surface area contributed by atoms with Crippen LogP contribution in [0.15, 0.2) is 58.2 Å². The summed E-state index contributed by atoms with van der Waals surface area (Å²) in [6.45, 7) is 9.18. The van der Waals surface area contributed by atoms with E-state index in [2.05, 4.69) is 38.5 Å². The van der Waals surface area contributed by atoms with E-state index < -0.39 is 12.3 Å². The predicted molar refractivity (Wildman–Crippen MR) is 116 cm³/mol. The molecule has 0 bridgehead atoms. The number of ether oxygens (including phenoxy) is 1. The number of carbonyl (C=O) groups is 2. The molecule has 0 aromatic rings. The predicted octanol–water partition coefficient (Wildman–Crippen LogP) is 5.50. The van der Waals surface area contributed by atoms with E-state index in [9.17, 15) is 14.7 Å². The van der Waals surface area contributed by atoms with Crippen molar-refractivity contribution in [2.45, 2.75) is 78.9 Å². The van der Waals surface area contributed by atoms with Gasteiger partial charge in [0.2, 0.25) is 6.29 Å². The highest BCUT2D eigenvalue weighted by Gasteiger charge is 2.27. The first-order chi connectivity index (χ1) is 13.7. The van der Waals surface area contributed by atoms with E-state index in [1.165, 1.54) is 30.9 Å². The van der Waals surface area contributed by atoms with Gasteiger partial charge in [-0.2, -0.15) is 0 Å². The van der Waals surface area contributed by atoms with Crippen LogP contribution in [-0.2, 0) is 14.3 Å².